The molecule has 108 valence electrons. The molecule has 5 rings (SSSR count). The fraction of sp³-hybridized carbons (Fsp3) is 0. The molecule has 1 heteroatoms. The second-order valence-electron chi connectivity index (χ2n) is 6.06. The van der Waals surface area contributed by atoms with Crippen LogP contribution in [0.2, 0.25) is 0 Å². The molecule has 0 fully saturated rings. The maximum absolute atomic E-state index is 3.52. The van der Waals surface area contributed by atoms with Crippen LogP contribution < -0.4 is 5.32 Å². The van der Waals surface area contributed by atoms with Gasteiger partial charge in [-0.25, -0.2) is 0 Å². The molecular formula is C22H15N. The predicted octanol–water partition coefficient (Wildman–Crippen LogP) is 6.23. The average Bonchev–Trinajstić information content (AvgIpc) is 2.61. The van der Waals surface area contributed by atoms with Gasteiger partial charge >= 0.3 is 0 Å². The Morgan fingerprint density at radius 2 is 0.957 bits per heavy atom. The zero-order valence-corrected chi connectivity index (χ0v) is 12.6. The first-order valence-corrected chi connectivity index (χ1v) is 7.87. The molecule has 0 aromatic heterocycles. The molecular weight excluding hydrogens is 278 g/mol. The number of nitrogens with one attached hydrogen (secondary N) is 1. The summed E-state index contributed by atoms with van der Waals surface area (Å²) in [7, 11) is 0. The van der Waals surface area contributed by atoms with Gasteiger partial charge in [0, 0.05) is 11.4 Å². The van der Waals surface area contributed by atoms with Gasteiger partial charge in [-0.05, 0) is 69.4 Å². The highest BCUT2D eigenvalue weighted by Crippen LogP contribution is 2.32. The van der Waals surface area contributed by atoms with Crippen LogP contribution in [-0.2, 0) is 0 Å². The zero-order chi connectivity index (χ0) is 15.2. The lowest BCUT2D eigenvalue weighted by atomic mass is 9.96. The van der Waals surface area contributed by atoms with E-state index in [2.05, 4.69) is 90.2 Å². The van der Waals surface area contributed by atoms with Crippen molar-refractivity contribution in [3.8, 4) is 22.3 Å². The lowest BCUT2D eigenvalue weighted by molar-refractivity contribution is 1.53. The summed E-state index contributed by atoms with van der Waals surface area (Å²) in [6.45, 7) is 0. The molecule has 4 aromatic carbocycles. The molecule has 1 N–H and O–H groups in total. The Kier molecular flexibility index (Phi) is 2.56. The van der Waals surface area contributed by atoms with Crippen molar-refractivity contribution in [3.63, 3.8) is 0 Å². The summed E-state index contributed by atoms with van der Waals surface area (Å²) < 4.78 is 0. The van der Waals surface area contributed by atoms with Gasteiger partial charge < -0.3 is 5.32 Å². The third-order valence-electron chi connectivity index (χ3n) is 4.52. The lowest BCUT2D eigenvalue weighted by Crippen LogP contribution is -1.92. The van der Waals surface area contributed by atoms with Crippen molar-refractivity contribution in [1.29, 1.82) is 0 Å². The molecule has 0 saturated carbocycles. The summed E-state index contributed by atoms with van der Waals surface area (Å²) in [5.74, 6) is 0. The maximum Gasteiger partial charge on any atom is 0.0390 e. The first-order valence-electron chi connectivity index (χ1n) is 7.87. The van der Waals surface area contributed by atoms with Crippen molar-refractivity contribution < 1.29 is 0 Å². The third kappa shape index (κ3) is 2.09. The van der Waals surface area contributed by atoms with E-state index < -0.39 is 0 Å². The second kappa shape index (κ2) is 4.72. The molecule has 23 heavy (non-hydrogen) atoms. The average molecular weight is 293 g/mol. The first-order chi connectivity index (χ1) is 11.3. The van der Waals surface area contributed by atoms with E-state index in [1.807, 2.05) is 0 Å². The van der Waals surface area contributed by atoms with Gasteiger partial charge in [0.05, 0.1) is 0 Å². The van der Waals surface area contributed by atoms with Gasteiger partial charge in [-0.3, -0.25) is 0 Å². The van der Waals surface area contributed by atoms with Crippen LogP contribution in [0.25, 0.3) is 33.0 Å². The highest BCUT2D eigenvalue weighted by atomic mass is 14.9. The van der Waals surface area contributed by atoms with Gasteiger partial charge in [0.15, 0.2) is 0 Å². The van der Waals surface area contributed by atoms with E-state index in [-0.39, 0.29) is 0 Å². The Morgan fingerprint density at radius 3 is 1.52 bits per heavy atom. The predicted molar refractivity (Wildman–Crippen MR) is 98.1 cm³/mol. The van der Waals surface area contributed by atoms with E-state index in [4.69, 9.17) is 0 Å². The summed E-state index contributed by atoms with van der Waals surface area (Å²) in [6.07, 6.45) is 0. The van der Waals surface area contributed by atoms with Crippen molar-refractivity contribution >= 4 is 22.1 Å². The molecule has 1 aliphatic rings. The maximum atomic E-state index is 3.52. The van der Waals surface area contributed by atoms with E-state index in [1.54, 1.807) is 0 Å². The fourth-order valence-corrected chi connectivity index (χ4v) is 3.33. The molecule has 1 aliphatic heterocycles. The van der Waals surface area contributed by atoms with E-state index in [9.17, 15) is 0 Å². The Balaban J connectivity index is 1.89. The summed E-state index contributed by atoms with van der Waals surface area (Å²) in [5.41, 5.74) is 7.20. The van der Waals surface area contributed by atoms with Gasteiger partial charge in [0.25, 0.3) is 0 Å². The summed E-state index contributed by atoms with van der Waals surface area (Å²) in [5, 5.41) is 6.08. The van der Waals surface area contributed by atoms with Crippen LogP contribution >= 0.6 is 0 Å². The fourth-order valence-electron chi connectivity index (χ4n) is 3.33. The van der Waals surface area contributed by atoms with Crippen molar-refractivity contribution in [2.45, 2.75) is 0 Å². The number of fused-ring (bicyclic) bond motifs is 8. The molecule has 0 aliphatic carbocycles. The topological polar surface area (TPSA) is 12.0 Å². The highest BCUT2D eigenvalue weighted by Gasteiger charge is 2.06. The van der Waals surface area contributed by atoms with E-state index >= 15 is 0 Å². The molecule has 7 bridgehead atoms. The molecule has 0 spiro atoms. The monoisotopic (exact) mass is 293 g/mol. The first kappa shape index (κ1) is 12.5. The third-order valence-corrected chi connectivity index (χ3v) is 4.52. The van der Waals surface area contributed by atoms with Crippen molar-refractivity contribution in [3.05, 3.63) is 84.9 Å². The quantitative estimate of drug-likeness (QED) is 0.357. The molecule has 0 amide bonds. The van der Waals surface area contributed by atoms with Crippen molar-refractivity contribution in [1.82, 2.24) is 0 Å². The number of hydrogen-bond acceptors (Lipinski definition) is 1. The van der Waals surface area contributed by atoms with Gasteiger partial charge in [-0.15, -0.1) is 0 Å². The number of rotatable bonds is 0. The van der Waals surface area contributed by atoms with Crippen LogP contribution in [0.5, 0.6) is 0 Å². The van der Waals surface area contributed by atoms with Crippen LogP contribution in [0.1, 0.15) is 0 Å². The Labute approximate surface area is 135 Å². The SMILES string of the molecule is c1cc2cc(c1)-c1ccc3ccc(cc3c1)-c1cccc(c1)N2. The number of hydrogen-bond donors (Lipinski definition) is 1. The lowest BCUT2D eigenvalue weighted by Gasteiger charge is -2.13. The zero-order valence-electron chi connectivity index (χ0n) is 12.6. The second-order valence-corrected chi connectivity index (χ2v) is 6.06. The normalized spacial score (nSPS) is 11.8. The minimum absolute atomic E-state index is 1.11. The standard InChI is InChI=1S/C22H15N/c1-3-16-13-21(5-1)23-22-6-2-4-17(14-22)19-10-8-15-7-9-18(16)11-20(15)12-19/h1-14,23H. The van der Waals surface area contributed by atoms with E-state index in [0.29, 0.717) is 0 Å². The van der Waals surface area contributed by atoms with E-state index in [1.165, 1.54) is 33.0 Å². The summed E-state index contributed by atoms with van der Waals surface area (Å²) >= 11 is 0. The minimum Gasteiger partial charge on any atom is -0.355 e. The van der Waals surface area contributed by atoms with E-state index in [0.717, 1.165) is 11.4 Å². The minimum atomic E-state index is 1.11. The molecule has 4 aromatic rings. The largest absolute Gasteiger partial charge is 0.355 e. The molecule has 0 unspecified atom stereocenters. The number of anilines is 2. The van der Waals surface area contributed by atoms with Crippen LogP contribution in [0.15, 0.2) is 84.9 Å². The summed E-state index contributed by atoms with van der Waals surface area (Å²) in [6, 6.07) is 30.6. The molecule has 0 radical (unpaired) electrons. The van der Waals surface area contributed by atoms with Gasteiger partial charge in [0.1, 0.15) is 0 Å². The van der Waals surface area contributed by atoms with Crippen LogP contribution in [0.3, 0.4) is 0 Å². The number of benzene rings is 4. The van der Waals surface area contributed by atoms with Crippen LogP contribution in [0, 0.1) is 0 Å². The smallest absolute Gasteiger partial charge is 0.0390 e. The summed E-state index contributed by atoms with van der Waals surface area (Å²) in [4.78, 5) is 0. The Morgan fingerprint density at radius 1 is 0.435 bits per heavy atom. The highest BCUT2D eigenvalue weighted by molar-refractivity contribution is 5.91. The Hall–Kier alpha value is -3.06. The van der Waals surface area contributed by atoms with Gasteiger partial charge in [-0.1, -0.05) is 48.5 Å². The molecule has 1 heterocycles. The molecule has 1 nitrogen and oxygen atoms in total. The van der Waals surface area contributed by atoms with Gasteiger partial charge in [0.2, 0.25) is 0 Å². The molecule has 0 atom stereocenters. The Bertz CT molecular complexity index is 966. The van der Waals surface area contributed by atoms with Crippen LogP contribution in [0.4, 0.5) is 11.4 Å². The van der Waals surface area contributed by atoms with Crippen molar-refractivity contribution in [2.75, 3.05) is 5.32 Å². The molecule has 0 saturated heterocycles. The van der Waals surface area contributed by atoms with Crippen molar-refractivity contribution in [2.24, 2.45) is 0 Å². The van der Waals surface area contributed by atoms with Gasteiger partial charge in [-0.2, -0.15) is 0 Å². The van der Waals surface area contributed by atoms with Crippen LogP contribution in [-0.4, -0.2) is 0 Å².